The molecule has 0 aliphatic heterocycles. The van der Waals surface area contributed by atoms with Crippen LogP contribution in [-0.4, -0.2) is 14.2 Å². The van der Waals surface area contributed by atoms with Crippen molar-refractivity contribution in [1.29, 1.82) is 0 Å². The minimum absolute atomic E-state index is 0. The molecule has 1 aromatic carbocycles. The van der Waals surface area contributed by atoms with Crippen LogP contribution in [0.4, 0.5) is 0 Å². The number of hydrogen-bond acceptors (Lipinski definition) is 3. The lowest BCUT2D eigenvalue weighted by atomic mass is 10.0. The van der Waals surface area contributed by atoms with E-state index in [0.717, 1.165) is 11.1 Å². The Bertz CT molecular complexity index is 422. The molecule has 5 heteroatoms. The first-order valence-electron chi connectivity index (χ1n) is 5.31. The molecule has 1 aromatic rings. The Morgan fingerprint density at radius 2 is 2.00 bits per heavy atom. The highest BCUT2D eigenvalue weighted by atomic mass is 35.5. The van der Waals surface area contributed by atoms with Gasteiger partial charge < -0.3 is 15.2 Å². The fraction of sp³-hybridized carbons (Fsp3) is 0.385. The number of halogens is 2. The molecule has 0 aliphatic carbocycles. The highest BCUT2D eigenvalue weighted by Gasteiger charge is 2.17. The molecule has 1 rings (SSSR count). The van der Waals surface area contributed by atoms with Crippen molar-refractivity contribution < 1.29 is 9.47 Å². The van der Waals surface area contributed by atoms with Crippen LogP contribution in [0.3, 0.4) is 0 Å². The molecule has 3 nitrogen and oxygen atoms in total. The molecule has 0 amide bonds. The summed E-state index contributed by atoms with van der Waals surface area (Å²) in [5.41, 5.74) is 7.93. The van der Waals surface area contributed by atoms with Crippen LogP contribution in [-0.2, 0) is 0 Å². The van der Waals surface area contributed by atoms with Gasteiger partial charge in [0, 0.05) is 6.04 Å². The Morgan fingerprint density at radius 3 is 2.44 bits per heavy atom. The predicted octanol–water partition coefficient (Wildman–Crippen LogP) is 3.75. The van der Waals surface area contributed by atoms with Gasteiger partial charge in [0.25, 0.3) is 0 Å². The highest BCUT2D eigenvalue weighted by Crippen LogP contribution is 2.39. The quantitative estimate of drug-likeness (QED) is 0.841. The van der Waals surface area contributed by atoms with E-state index < -0.39 is 0 Å². The van der Waals surface area contributed by atoms with Gasteiger partial charge in [0.15, 0.2) is 11.5 Å². The van der Waals surface area contributed by atoms with E-state index in [4.69, 9.17) is 26.8 Å². The molecule has 0 radical (unpaired) electrons. The fourth-order valence-electron chi connectivity index (χ4n) is 1.68. The summed E-state index contributed by atoms with van der Waals surface area (Å²) in [6.07, 6.45) is 0.690. The van der Waals surface area contributed by atoms with Crippen molar-refractivity contribution in [2.75, 3.05) is 14.2 Å². The summed E-state index contributed by atoms with van der Waals surface area (Å²) < 4.78 is 10.4. The van der Waals surface area contributed by atoms with Crippen molar-refractivity contribution in [3.8, 4) is 11.5 Å². The minimum Gasteiger partial charge on any atom is -0.493 e. The first-order valence-corrected chi connectivity index (χ1v) is 5.69. The Balaban J connectivity index is 0.00000289. The van der Waals surface area contributed by atoms with Crippen molar-refractivity contribution in [2.45, 2.75) is 19.4 Å². The summed E-state index contributed by atoms with van der Waals surface area (Å²) in [7, 11) is 3.12. The molecule has 0 saturated carbocycles. The van der Waals surface area contributed by atoms with Crippen LogP contribution < -0.4 is 15.2 Å². The summed E-state index contributed by atoms with van der Waals surface area (Å²) in [4.78, 5) is 0. The molecule has 0 aromatic heterocycles. The second-order valence-corrected chi connectivity index (χ2v) is 4.35. The summed E-state index contributed by atoms with van der Waals surface area (Å²) in [6, 6.07) is 3.48. The summed E-state index contributed by atoms with van der Waals surface area (Å²) in [5, 5.41) is 0.501. The highest BCUT2D eigenvalue weighted by molar-refractivity contribution is 6.33. The van der Waals surface area contributed by atoms with E-state index in [2.05, 4.69) is 6.58 Å². The van der Waals surface area contributed by atoms with Crippen molar-refractivity contribution in [3.05, 3.63) is 34.9 Å². The SMILES string of the molecule is C=C(C)C[C@H](N)c1ccc(OC)c(OC)c1Cl.Cl. The van der Waals surface area contributed by atoms with Crippen LogP contribution in [0.25, 0.3) is 0 Å². The van der Waals surface area contributed by atoms with Gasteiger partial charge in [-0.05, 0) is 25.0 Å². The molecule has 0 heterocycles. The van der Waals surface area contributed by atoms with E-state index in [-0.39, 0.29) is 18.4 Å². The van der Waals surface area contributed by atoms with Crippen LogP contribution in [0.1, 0.15) is 24.9 Å². The summed E-state index contributed by atoms with van der Waals surface area (Å²) >= 11 is 6.26. The van der Waals surface area contributed by atoms with Crippen LogP contribution in [0.2, 0.25) is 5.02 Å². The Hall–Kier alpha value is -0.900. The third-order valence-corrected chi connectivity index (χ3v) is 2.87. The topological polar surface area (TPSA) is 44.5 Å². The molecule has 1 atom stereocenters. The molecule has 0 saturated heterocycles. The van der Waals surface area contributed by atoms with E-state index in [1.54, 1.807) is 20.3 Å². The number of rotatable bonds is 5. The smallest absolute Gasteiger partial charge is 0.179 e. The Labute approximate surface area is 119 Å². The second kappa shape index (κ2) is 7.52. The molecule has 0 bridgehead atoms. The van der Waals surface area contributed by atoms with Crippen molar-refractivity contribution >= 4 is 24.0 Å². The molecular formula is C13H19Cl2NO2. The maximum Gasteiger partial charge on any atom is 0.179 e. The zero-order chi connectivity index (χ0) is 13.0. The third kappa shape index (κ3) is 3.80. The average molecular weight is 292 g/mol. The van der Waals surface area contributed by atoms with Gasteiger partial charge in [0.1, 0.15) is 0 Å². The van der Waals surface area contributed by atoms with E-state index in [1.165, 1.54) is 0 Å². The van der Waals surface area contributed by atoms with E-state index in [9.17, 15) is 0 Å². The second-order valence-electron chi connectivity index (χ2n) is 3.97. The van der Waals surface area contributed by atoms with Gasteiger partial charge in [-0.3, -0.25) is 0 Å². The zero-order valence-electron chi connectivity index (χ0n) is 10.8. The molecule has 0 fully saturated rings. The van der Waals surface area contributed by atoms with Crippen molar-refractivity contribution in [2.24, 2.45) is 5.73 Å². The largest absolute Gasteiger partial charge is 0.493 e. The average Bonchev–Trinajstić information content (AvgIpc) is 2.27. The van der Waals surface area contributed by atoms with Crippen LogP contribution >= 0.6 is 24.0 Å². The van der Waals surface area contributed by atoms with Crippen molar-refractivity contribution in [1.82, 2.24) is 0 Å². The van der Waals surface area contributed by atoms with E-state index >= 15 is 0 Å². The molecule has 18 heavy (non-hydrogen) atoms. The molecular weight excluding hydrogens is 273 g/mol. The van der Waals surface area contributed by atoms with Gasteiger partial charge >= 0.3 is 0 Å². The normalized spacial score (nSPS) is 11.4. The van der Waals surface area contributed by atoms with Gasteiger partial charge in [0.05, 0.1) is 19.2 Å². The number of methoxy groups -OCH3 is 2. The van der Waals surface area contributed by atoms with Gasteiger partial charge in [-0.1, -0.05) is 23.2 Å². The third-order valence-electron chi connectivity index (χ3n) is 2.48. The molecule has 2 N–H and O–H groups in total. The molecule has 0 aliphatic rings. The number of nitrogens with two attached hydrogens (primary N) is 1. The summed E-state index contributed by atoms with van der Waals surface area (Å²) in [6.45, 7) is 5.79. The monoisotopic (exact) mass is 291 g/mol. The van der Waals surface area contributed by atoms with Gasteiger partial charge in [0.2, 0.25) is 0 Å². The van der Waals surface area contributed by atoms with Gasteiger partial charge in [-0.15, -0.1) is 19.0 Å². The van der Waals surface area contributed by atoms with E-state index in [0.29, 0.717) is 22.9 Å². The fourth-order valence-corrected chi connectivity index (χ4v) is 2.05. The number of hydrogen-bond donors (Lipinski definition) is 1. The first kappa shape index (κ1) is 17.1. The minimum atomic E-state index is -0.181. The number of benzene rings is 1. The molecule has 0 spiro atoms. The zero-order valence-corrected chi connectivity index (χ0v) is 12.4. The Morgan fingerprint density at radius 1 is 1.39 bits per heavy atom. The Kier molecular flexibility index (Phi) is 7.14. The van der Waals surface area contributed by atoms with Crippen LogP contribution in [0.5, 0.6) is 11.5 Å². The maximum absolute atomic E-state index is 6.26. The maximum atomic E-state index is 6.26. The molecule has 102 valence electrons. The van der Waals surface area contributed by atoms with E-state index in [1.807, 2.05) is 13.0 Å². The standard InChI is InChI=1S/C13H18ClNO2.ClH/c1-8(2)7-10(15)9-5-6-11(16-3)13(17-4)12(9)14;/h5-6,10H,1,7,15H2,2-4H3;1H/t10-;/m0./s1. The number of ether oxygens (including phenoxy) is 2. The molecule has 0 unspecified atom stereocenters. The predicted molar refractivity (Wildman–Crippen MR) is 78.2 cm³/mol. The van der Waals surface area contributed by atoms with Crippen LogP contribution in [0, 0.1) is 0 Å². The van der Waals surface area contributed by atoms with Gasteiger partial charge in [-0.2, -0.15) is 0 Å². The van der Waals surface area contributed by atoms with Gasteiger partial charge in [-0.25, -0.2) is 0 Å². The van der Waals surface area contributed by atoms with Crippen LogP contribution in [0.15, 0.2) is 24.3 Å². The lowest BCUT2D eigenvalue weighted by Crippen LogP contribution is -2.11. The summed E-state index contributed by atoms with van der Waals surface area (Å²) in [5.74, 6) is 1.12. The first-order chi connectivity index (χ1) is 8.01. The van der Waals surface area contributed by atoms with Crippen molar-refractivity contribution in [3.63, 3.8) is 0 Å². The lowest BCUT2D eigenvalue weighted by molar-refractivity contribution is 0.354. The lowest BCUT2D eigenvalue weighted by Gasteiger charge is -2.17.